The number of rotatable bonds is 6. The summed E-state index contributed by atoms with van der Waals surface area (Å²) in [4.78, 5) is 4.19. The third kappa shape index (κ3) is 3.98. The van der Waals surface area contributed by atoms with Crippen molar-refractivity contribution in [3.8, 4) is 11.5 Å². The molecule has 0 saturated carbocycles. The predicted octanol–water partition coefficient (Wildman–Crippen LogP) is 2.17. The Morgan fingerprint density at radius 3 is 2.71 bits per heavy atom. The summed E-state index contributed by atoms with van der Waals surface area (Å²) in [7, 11) is -1.73. The van der Waals surface area contributed by atoms with Crippen LogP contribution in [0.3, 0.4) is 0 Å². The van der Waals surface area contributed by atoms with Gasteiger partial charge in [0.05, 0.1) is 12.2 Å². The molecular weight excluding hydrogens is 328 g/mol. The predicted molar refractivity (Wildman–Crippen MR) is 89.9 cm³/mol. The van der Waals surface area contributed by atoms with Crippen LogP contribution in [0.25, 0.3) is 17.6 Å². The highest BCUT2D eigenvalue weighted by atomic mass is 32.2. The lowest BCUT2D eigenvalue weighted by Gasteiger charge is -1.99. The van der Waals surface area contributed by atoms with Gasteiger partial charge in [0.2, 0.25) is 21.7 Å². The molecule has 0 amide bonds. The summed E-state index contributed by atoms with van der Waals surface area (Å²) in [5.74, 6) is 0.611. The van der Waals surface area contributed by atoms with Crippen molar-refractivity contribution < 1.29 is 12.9 Å². The zero-order valence-electron chi connectivity index (χ0n) is 13.0. The molecule has 2 aromatic heterocycles. The second-order valence-corrected chi connectivity index (χ2v) is 6.75. The first-order valence-electron chi connectivity index (χ1n) is 7.20. The number of aryl methyl sites for hydroxylation is 1. The SMILES string of the molecule is Cn1cccc1-c1noc(CNS(=O)(=O)/C=C/c2ccccc2)n1. The second-order valence-electron chi connectivity index (χ2n) is 5.10. The fourth-order valence-electron chi connectivity index (χ4n) is 2.07. The number of sulfonamides is 1. The fraction of sp³-hybridized carbons (Fsp3) is 0.125. The van der Waals surface area contributed by atoms with Crippen LogP contribution in [0.15, 0.2) is 58.6 Å². The van der Waals surface area contributed by atoms with Crippen molar-refractivity contribution in [1.29, 1.82) is 0 Å². The first-order chi connectivity index (χ1) is 11.5. The molecule has 8 heteroatoms. The summed E-state index contributed by atoms with van der Waals surface area (Å²) >= 11 is 0. The maximum Gasteiger partial charge on any atom is 0.242 e. The summed E-state index contributed by atoms with van der Waals surface area (Å²) in [5, 5.41) is 4.96. The van der Waals surface area contributed by atoms with E-state index in [9.17, 15) is 8.42 Å². The summed E-state index contributed by atoms with van der Waals surface area (Å²) in [5.41, 5.74) is 1.59. The summed E-state index contributed by atoms with van der Waals surface area (Å²) in [6.07, 6.45) is 3.38. The Morgan fingerprint density at radius 2 is 2.00 bits per heavy atom. The molecule has 0 unspecified atom stereocenters. The number of nitrogens with one attached hydrogen (secondary N) is 1. The highest BCUT2D eigenvalue weighted by Crippen LogP contribution is 2.15. The molecule has 0 saturated heterocycles. The van der Waals surface area contributed by atoms with E-state index in [0.717, 1.165) is 16.7 Å². The van der Waals surface area contributed by atoms with E-state index in [-0.39, 0.29) is 12.4 Å². The van der Waals surface area contributed by atoms with Gasteiger partial charge in [0, 0.05) is 18.7 Å². The Balaban J connectivity index is 1.64. The first-order valence-corrected chi connectivity index (χ1v) is 8.75. The molecular formula is C16H16N4O3S. The third-order valence-corrected chi connectivity index (χ3v) is 4.35. The fourth-order valence-corrected chi connectivity index (χ4v) is 2.82. The molecule has 7 nitrogen and oxygen atoms in total. The number of nitrogens with zero attached hydrogens (tertiary/aromatic N) is 3. The largest absolute Gasteiger partial charge is 0.348 e. The number of hydrogen-bond acceptors (Lipinski definition) is 5. The lowest BCUT2D eigenvalue weighted by Crippen LogP contribution is -2.20. The second kappa shape index (κ2) is 6.81. The quantitative estimate of drug-likeness (QED) is 0.740. The van der Waals surface area contributed by atoms with Crippen molar-refractivity contribution >= 4 is 16.1 Å². The Kier molecular flexibility index (Phi) is 4.59. The molecule has 2 heterocycles. The Labute approximate surface area is 139 Å². The molecule has 0 atom stereocenters. The Hall–Kier alpha value is -2.71. The lowest BCUT2D eigenvalue weighted by molar-refractivity contribution is 0.376. The number of hydrogen-bond donors (Lipinski definition) is 1. The van der Waals surface area contributed by atoms with Crippen LogP contribution in [-0.2, 0) is 23.6 Å². The molecule has 0 aliphatic heterocycles. The van der Waals surface area contributed by atoms with Gasteiger partial charge in [-0.25, -0.2) is 13.1 Å². The van der Waals surface area contributed by atoms with Gasteiger partial charge in [-0.1, -0.05) is 35.5 Å². The van der Waals surface area contributed by atoms with Crippen LogP contribution in [-0.4, -0.2) is 23.1 Å². The topological polar surface area (TPSA) is 90.0 Å². The maximum absolute atomic E-state index is 12.0. The zero-order chi connectivity index (χ0) is 17.0. The van der Waals surface area contributed by atoms with Crippen molar-refractivity contribution in [3.05, 3.63) is 65.5 Å². The van der Waals surface area contributed by atoms with Crippen LogP contribution in [0, 0.1) is 0 Å². The highest BCUT2D eigenvalue weighted by molar-refractivity contribution is 7.92. The van der Waals surface area contributed by atoms with Crippen molar-refractivity contribution in [2.75, 3.05) is 0 Å². The van der Waals surface area contributed by atoms with Crippen LogP contribution in [0.5, 0.6) is 0 Å². The van der Waals surface area contributed by atoms with Gasteiger partial charge in [-0.2, -0.15) is 4.98 Å². The molecule has 0 aliphatic rings. The number of aromatic nitrogens is 3. The minimum atomic E-state index is -3.59. The van der Waals surface area contributed by atoms with Gasteiger partial charge in [-0.05, 0) is 23.8 Å². The van der Waals surface area contributed by atoms with Crippen LogP contribution >= 0.6 is 0 Å². The first kappa shape index (κ1) is 16.2. The summed E-state index contributed by atoms with van der Waals surface area (Å²) in [6.45, 7) is -0.0705. The minimum absolute atomic E-state index is 0.0705. The van der Waals surface area contributed by atoms with Gasteiger partial charge in [0.25, 0.3) is 0 Å². The Morgan fingerprint density at radius 1 is 1.21 bits per heavy atom. The van der Waals surface area contributed by atoms with Gasteiger partial charge in [0.1, 0.15) is 0 Å². The molecule has 0 spiro atoms. The summed E-state index contributed by atoms with van der Waals surface area (Å²) in [6, 6.07) is 12.9. The van der Waals surface area contributed by atoms with Gasteiger partial charge in [-0.15, -0.1) is 0 Å². The van der Waals surface area contributed by atoms with E-state index in [2.05, 4.69) is 14.9 Å². The molecule has 1 aromatic carbocycles. The molecule has 124 valence electrons. The van der Waals surface area contributed by atoms with Crippen molar-refractivity contribution in [2.45, 2.75) is 6.54 Å². The minimum Gasteiger partial charge on any atom is -0.348 e. The van der Waals surface area contributed by atoms with E-state index in [0.29, 0.717) is 5.82 Å². The van der Waals surface area contributed by atoms with E-state index in [4.69, 9.17) is 4.52 Å². The molecule has 0 bridgehead atoms. The van der Waals surface area contributed by atoms with Crippen LogP contribution in [0.4, 0.5) is 0 Å². The normalized spacial score (nSPS) is 12.0. The number of benzene rings is 1. The molecule has 3 aromatic rings. The molecule has 0 aliphatic carbocycles. The van der Waals surface area contributed by atoms with Crippen LogP contribution < -0.4 is 4.72 Å². The van der Waals surface area contributed by atoms with Crippen LogP contribution in [0.2, 0.25) is 0 Å². The smallest absolute Gasteiger partial charge is 0.242 e. The maximum atomic E-state index is 12.0. The van der Waals surface area contributed by atoms with E-state index in [1.165, 1.54) is 6.08 Å². The van der Waals surface area contributed by atoms with Crippen molar-refractivity contribution in [3.63, 3.8) is 0 Å². The van der Waals surface area contributed by atoms with E-state index >= 15 is 0 Å². The van der Waals surface area contributed by atoms with Gasteiger partial charge < -0.3 is 9.09 Å². The van der Waals surface area contributed by atoms with Gasteiger partial charge in [-0.3, -0.25) is 0 Å². The van der Waals surface area contributed by atoms with Crippen molar-refractivity contribution in [1.82, 2.24) is 19.4 Å². The molecule has 0 fully saturated rings. The average Bonchev–Trinajstić information content (AvgIpc) is 3.21. The summed E-state index contributed by atoms with van der Waals surface area (Å²) < 4.78 is 33.3. The lowest BCUT2D eigenvalue weighted by atomic mass is 10.2. The van der Waals surface area contributed by atoms with Gasteiger partial charge in [0.15, 0.2) is 0 Å². The van der Waals surface area contributed by atoms with Gasteiger partial charge >= 0.3 is 0 Å². The zero-order valence-corrected chi connectivity index (χ0v) is 13.8. The van der Waals surface area contributed by atoms with E-state index < -0.39 is 10.0 Å². The Bertz CT molecular complexity index is 943. The monoisotopic (exact) mass is 344 g/mol. The third-order valence-electron chi connectivity index (χ3n) is 3.30. The van der Waals surface area contributed by atoms with E-state index in [1.54, 1.807) is 0 Å². The molecule has 3 rings (SSSR count). The molecule has 0 radical (unpaired) electrons. The van der Waals surface area contributed by atoms with Crippen molar-refractivity contribution in [2.24, 2.45) is 7.05 Å². The highest BCUT2D eigenvalue weighted by Gasteiger charge is 2.13. The molecule has 1 N–H and O–H groups in total. The standard InChI is InChI=1S/C16H16N4O3S/c1-20-10-5-8-14(20)16-18-15(23-19-16)12-17-24(21,22)11-9-13-6-3-2-4-7-13/h2-11,17H,12H2,1H3/b11-9+. The van der Waals surface area contributed by atoms with E-state index in [1.807, 2.05) is 60.3 Å². The average molecular weight is 344 g/mol. The molecule has 24 heavy (non-hydrogen) atoms. The van der Waals surface area contributed by atoms with Crippen LogP contribution in [0.1, 0.15) is 11.5 Å².